The summed E-state index contributed by atoms with van der Waals surface area (Å²) < 4.78 is 7.04. The van der Waals surface area contributed by atoms with Crippen molar-refractivity contribution >= 4 is 11.9 Å². The molecule has 2 aromatic rings. The lowest BCUT2D eigenvalue weighted by molar-refractivity contribution is -0.138. The highest BCUT2D eigenvalue weighted by molar-refractivity contribution is 5.96. The molecule has 1 amide bonds. The summed E-state index contributed by atoms with van der Waals surface area (Å²) in [5.41, 5.74) is 2.23. The van der Waals surface area contributed by atoms with Gasteiger partial charge in [-0.2, -0.15) is 5.10 Å². The predicted molar refractivity (Wildman–Crippen MR) is 90.9 cm³/mol. The Morgan fingerprint density at radius 3 is 2.76 bits per heavy atom. The number of nitrogens with zero attached hydrogens (tertiary/aromatic N) is 2. The van der Waals surface area contributed by atoms with Crippen molar-refractivity contribution in [2.75, 3.05) is 13.2 Å². The lowest BCUT2D eigenvalue weighted by atomic mass is 9.94. The Morgan fingerprint density at radius 1 is 1.36 bits per heavy atom. The van der Waals surface area contributed by atoms with Gasteiger partial charge in [-0.3, -0.25) is 9.59 Å². The average Bonchev–Trinajstić information content (AvgIpc) is 3.14. The second-order valence-electron chi connectivity index (χ2n) is 6.45. The molecule has 25 heavy (non-hydrogen) atoms. The number of para-hydroxylation sites is 1. The van der Waals surface area contributed by atoms with Gasteiger partial charge in [-0.25, -0.2) is 4.68 Å². The molecule has 1 aromatic carbocycles. The van der Waals surface area contributed by atoms with Crippen LogP contribution in [0.4, 0.5) is 0 Å². The normalized spacial score (nSPS) is 19.8. The quantitative estimate of drug-likeness (QED) is 0.864. The van der Waals surface area contributed by atoms with Crippen molar-refractivity contribution in [2.45, 2.75) is 32.2 Å². The molecule has 1 aliphatic heterocycles. The van der Waals surface area contributed by atoms with Crippen LogP contribution in [0.15, 0.2) is 30.5 Å². The number of hydrogen-bond acceptors (Lipinski definition) is 4. The molecule has 1 saturated heterocycles. The van der Waals surface area contributed by atoms with Crippen molar-refractivity contribution in [1.82, 2.24) is 15.1 Å². The first-order valence-electron chi connectivity index (χ1n) is 8.14. The SMILES string of the molecule is Cc1ccccc1-n1ncc(C(=O)NC2(CC(=O)O)CCOC2)c1C. The van der Waals surface area contributed by atoms with Gasteiger partial charge in [0.1, 0.15) is 0 Å². The largest absolute Gasteiger partial charge is 0.481 e. The zero-order valence-electron chi connectivity index (χ0n) is 14.3. The van der Waals surface area contributed by atoms with Crippen LogP contribution in [-0.4, -0.2) is 45.5 Å². The minimum Gasteiger partial charge on any atom is -0.481 e. The first-order valence-corrected chi connectivity index (χ1v) is 8.14. The molecule has 0 spiro atoms. The van der Waals surface area contributed by atoms with Gasteiger partial charge in [0.25, 0.3) is 5.91 Å². The number of rotatable bonds is 5. The number of aliphatic carboxylic acids is 1. The van der Waals surface area contributed by atoms with Crippen LogP contribution < -0.4 is 5.32 Å². The Labute approximate surface area is 145 Å². The van der Waals surface area contributed by atoms with Crippen molar-refractivity contribution < 1.29 is 19.4 Å². The number of nitrogens with one attached hydrogen (secondary N) is 1. The van der Waals surface area contributed by atoms with E-state index in [0.29, 0.717) is 24.3 Å². The zero-order valence-corrected chi connectivity index (χ0v) is 14.3. The third-order valence-corrected chi connectivity index (χ3v) is 4.57. The average molecular weight is 343 g/mol. The van der Waals surface area contributed by atoms with Gasteiger partial charge in [-0.05, 0) is 31.9 Å². The van der Waals surface area contributed by atoms with Crippen LogP contribution in [0.3, 0.4) is 0 Å². The first kappa shape index (κ1) is 17.2. The zero-order chi connectivity index (χ0) is 18.0. The molecular formula is C18H21N3O4. The van der Waals surface area contributed by atoms with Crippen molar-refractivity contribution in [2.24, 2.45) is 0 Å². The standard InChI is InChI=1S/C18H21N3O4/c1-12-5-3-4-6-15(12)21-13(2)14(10-19-21)17(24)20-18(9-16(22)23)7-8-25-11-18/h3-6,10H,7-9,11H2,1-2H3,(H,20,24)(H,22,23). The fraction of sp³-hybridized carbons (Fsp3) is 0.389. The van der Waals surface area contributed by atoms with E-state index in [1.54, 1.807) is 4.68 Å². The van der Waals surface area contributed by atoms with Gasteiger partial charge >= 0.3 is 5.97 Å². The highest BCUT2D eigenvalue weighted by atomic mass is 16.5. The van der Waals surface area contributed by atoms with Crippen molar-refractivity contribution in [3.8, 4) is 5.69 Å². The molecule has 1 aliphatic rings. The van der Waals surface area contributed by atoms with Crippen molar-refractivity contribution in [3.05, 3.63) is 47.3 Å². The minimum atomic E-state index is -0.960. The number of ether oxygens (including phenoxy) is 1. The van der Waals surface area contributed by atoms with E-state index in [1.165, 1.54) is 6.20 Å². The van der Waals surface area contributed by atoms with Crippen LogP contribution in [-0.2, 0) is 9.53 Å². The molecule has 132 valence electrons. The van der Waals surface area contributed by atoms with Crippen molar-refractivity contribution in [1.29, 1.82) is 0 Å². The fourth-order valence-corrected chi connectivity index (χ4v) is 3.16. The highest BCUT2D eigenvalue weighted by Gasteiger charge is 2.39. The molecule has 2 heterocycles. The van der Waals surface area contributed by atoms with Crippen molar-refractivity contribution in [3.63, 3.8) is 0 Å². The van der Waals surface area contributed by atoms with Gasteiger partial charge in [0, 0.05) is 6.61 Å². The molecule has 1 aromatic heterocycles. The number of carboxylic acid groups (broad SMARTS) is 1. The lowest BCUT2D eigenvalue weighted by Crippen LogP contribution is -2.50. The molecule has 1 atom stereocenters. The van der Waals surface area contributed by atoms with E-state index in [1.807, 2.05) is 38.1 Å². The number of carboxylic acids is 1. The molecule has 0 radical (unpaired) electrons. The van der Waals surface area contributed by atoms with Crippen LogP contribution >= 0.6 is 0 Å². The van der Waals surface area contributed by atoms with Gasteiger partial charge in [-0.15, -0.1) is 0 Å². The van der Waals surface area contributed by atoms with E-state index < -0.39 is 11.5 Å². The van der Waals surface area contributed by atoms with Crippen LogP contribution in [0.1, 0.15) is 34.5 Å². The maximum absolute atomic E-state index is 12.7. The van der Waals surface area contributed by atoms with E-state index in [4.69, 9.17) is 9.84 Å². The molecule has 0 bridgehead atoms. The molecule has 1 fully saturated rings. The van der Waals surface area contributed by atoms with E-state index in [-0.39, 0.29) is 18.9 Å². The summed E-state index contributed by atoms with van der Waals surface area (Å²) >= 11 is 0. The number of aryl methyl sites for hydroxylation is 1. The Balaban J connectivity index is 1.86. The summed E-state index contributed by atoms with van der Waals surface area (Å²) in [6.07, 6.45) is 1.83. The molecule has 7 nitrogen and oxygen atoms in total. The number of aromatic nitrogens is 2. The molecule has 2 N–H and O–H groups in total. The summed E-state index contributed by atoms with van der Waals surface area (Å²) in [7, 11) is 0. The smallest absolute Gasteiger partial charge is 0.305 e. The molecule has 0 saturated carbocycles. The van der Waals surface area contributed by atoms with E-state index in [2.05, 4.69) is 10.4 Å². The summed E-state index contributed by atoms with van der Waals surface area (Å²) in [6.45, 7) is 4.45. The minimum absolute atomic E-state index is 0.163. The van der Waals surface area contributed by atoms with E-state index in [0.717, 1.165) is 11.3 Å². The van der Waals surface area contributed by atoms with Crippen LogP contribution in [0.2, 0.25) is 0 Å². The number of benzene rings is 1. The molecular weight excluding hydrogens is 322 g/mol. The number of carbonyl (C=O) groups is 2. The maximum Gasteiger partial charge on any atom is 0.305 e. The third kappa shape index (κ3) is 3.41. The Hall–Kier alpha value is -2.67. The van der Waals surface area contributed by atoms with Gasteiger partial charge in [0.05, 0.1) is 41.7 Å². The number of hydrogen-bond donors (Lipinski definition) is 2. The lowest BCUT2D eigenvalue weighted by Gasteiger charge is -2.26. The third-order valence-electron chi connectivity index (χ3n) is 4.57. The first-order chi connectivity index (χ1) is 11.9. The topological polar surface area (TPSA) is 93.5 Å². The van der Waals surface area contributed by atoms with E-state index >= 15 is 0 Å². The Bertz CT molecular complexity index is 806. The Kier molecular flexibility index (Phi) is 4.59. The van der Waals surface area contributed by atoms with Crippen LogP contribution in [0.5, 0.6) is 0 Å². The Morgan fingerprint density at radius 2 is 2.12 bits per heavy atom. The molecule has 0 aliphatic carbocycles. The summed E-state index contributed by atoms with van der Waals surface area (Å²) in [4.78, 5) is 23.9. The van der Waals surface area contributed by atoms with Gasteiger partial charge in [-0.1, -0.05) is 18.2 Å². The van der Waals surface area contributed by atoms with Gasteiger partial charge in [0.15, 0.2) is 0 Å². The fourth-order valence-electron chi connectivity index (χ4n) is 3.16. The van der Waals surface area contributed by atoms with Crippen LogP contribution in [0.25, 0.3) is 5.69 Å². The highest BCUT2D eigenvalue weighted by Crippen LogP contribution is 2.24. The predicted octanol–water partition coefficient (Wildman–Crippen LogP) is 1.85. The number of carbonyl (C=O) groups excluding carboxylic acids is 1. The second-order valence-corrected chi connectivity index (χ2v) is 6.45. The molecule has 7 heteroatoms. The monoisotopic (exact) mass is 343 g/mol. The summed E-state index contributed by atoms with van der Waals surface area (Å²) in [5.74, 6) is -1.29. The van der Waals surface area contributed by atoms with E-state index in [9.17, 15) is 9.59 Å². The number of amides is 1. The molecule has 1 unspecified atom stereocenters. The van der Waals surface area contributed by atoms with Gasteiger partial charge in [0.2, 0.25) is 0 Å². The second kappa shape index (κ2) is 6.68. The van der Waals surface area contributed by atoms with Gasteiger partial charge < -0.3 is 15.2 Å². The van der Waals surface area contributed by atoms with Crippen LogP contribution in [0, 0.1) is 13.8 Å². The summed E-state index contributed by atoms with van der Waals surface area (Å²) in [5, 5.41) is 16.3. The molecule has 3 rings (SSSR count). The maximum atomic E-state index is 12.7. The summed E-state index contributed by atoms with van der Waals surface area (Å²) in [6, 6.07) is 7.78.